The molecule has 1 aliphatic carbocycles. The zero-order valence-corrected chi connectivity index (χ0v) is 21.4. The van der Waals surface area contributed by atoms with E-state index in [9.17, 15) is 10.1 Å². The van der Waals surface area contributed by atoms with Gasteiger partial charge in [-0.15, -0.1) is 0 Å². The molecule has 4 rings (SSSR count). The number of nitriles is 1. The molecule has 2 fully saturated rings. The van der Waals surface area contributed by atoms with Crippen LogP contribution in [-0.2, 0) is 16.7 Å². The number of hydrogen-bond donors (Lipinski definition) is 1. The maximum Gasteiger partial charge on any atom is 0.407 e. The summed E-state index contributed by atoms with van der Waals surface area (Å²) in [6.45, 7) is 8.55. The molecule has 0 bridgehead atoms. The van der Waals surface area contributed by atoms with E-state index in [-0.39, 0.29) is 24.0 Å². The van der Waals surface area contributed by atoms with Crippen LogP contribution in [0.2, 0.25) is 0 Å². The molecule has 0 aromatic heterocycles. The van der Waals surface area contributed by atoms with Gasteiger partial charge in [0, 0.05) is 18.5 Å². The van der Waals surface area contributed by atoms with Gasteiger partial charge < -0.3 is 10.1 Å². The first-order chi connectivity index (χ1) is 16.8. The van der Waals surface area contributed by atoms with Gasteiger partial charge in [-0.2, -0.15) is 5.26 Å². The second kappa shape index (κ2) is 10.8. The van der Waals surface area contributed by atoms with Crippen LogP contribution in [0.15, 0.2) is 60.7 Å². The average molecular weight is 474 g/mol. The lowest BCUT2D eigenvalue weighted by Crippen LogP contribution is -2.52. The number of amides is 1. The lowest BCUT2D eigenvalue weighted by Gasteiger charge is -2.46. The van der Waals surface area contributed by atoms with Gasteiger partial charge in [-0.05, 0) is 76.6 Å². The maximum absolute atomic E-state index is 12.7. The first-order valence-corrected chi connectivity index (χ1v) is 13.0. The van der Waals surface area contributed by atoms with Gasteiger partial charge in [0.2, 0.25) is 0 Å². The van der Waals surface area contributed by atoms with E-state index in [0.29, 0.717) is 0 Å². The second-order valence-corrected chi connectivity index (χ2v) is 11.2. The Morgan fingerprint density at radius 1 is 1.00 bits per heavy atom. The van der Waals surface area contributed by atoms with Crippen LogP contribution in [0.4, 0.5) is 4.79 Å². The van der Waals surface area contributed by atoms with Crippen LogP contribution in [0.1, 0.15) is 64.0 Å². The topological polar surface area (TPSA) is 65.4 Å². The van der Waals surface area contributed by atoms with Crippen molar-refractivity contribution in [3.05, 3.63) is 71.8 Å². The molecule has 1 heterocycles. The van der Waals surface area contributed by atoms with Gasteiger partial charge in [-0.25, -0.2) is 4.79 Å². The van der Waals surface area contributed by atoms with Crippen molar-refractivity contribution < 1.29 is 9.53 Å². The predicted octanol–water partition coefficient (Wildman–Crippen LogP) is 6.05. The first kappa shape index (κ1) is 25.3. The summed E-state index contributed by atoms with van der Waals surface area (Å²) in [4.78, 5) is 15.2. The number of piperidine rings is 1. The SMILES string of the molecule is CC(C)(C)OC(=O)N[C@@H]1CCC[C@H]1[C@](C#N)(c1ccccc1)C1CCN(Cc2ccccc2)CC1. The van der Waals surface area contributed by atoms with E-state index in [2.05, 4.69) is 58.8 Å². The number of benzene rings is 2. The van der Waals surface area contributed by atoms with Gasteiger partial charge >= 0.3 is 6.09 Å². The Hall–Kier alpha value is -2.84. The average Bonchev–Trinajstić information content (AvgIpc) is 3.29. The largest absolute Gasteiger partial charge is 0.444 e. The zero-order chi connectivity index (χ0) is 24.9. The molecule has 2 aromatic rings. The van der Waals surface area contributed by atoms with Gasteiger partial charge in [0.05, 0.1) is 11.5 Å². The standard InChI is InChI=1S/C30H39N3O2/c1-29(2,3)35-28(34)32-27-16-10-15-26(27)30(22-31,24-13-8-5-9-14-24)25-17-19-33(20-18-25)21-23-11-6-4-7-12-23/h4-9,11-14,25-27H,10,15-21H2,1-3H3,(H,32,34)/t26-,27-,30-/m1/s1. The highest BCUT2D eigenvalue weighted by Gasteiger charge is 2.52. The Bertz CT molecular complexity index is 1000. The highest BCUT2D eigenvalue weighted by Crippen LogP contribution is 2.50. The first-order valence-electron chi connectivity index (χ1n) is 13.0. The van der Waals surface area contributed by atoms with Crippen molar-refractivity contribution in [2.24, 2.45) is 11.8 Å². The molecule has 2 aliphatic rings. The van der Waals surface area contributed by atoms with Gasteiger partial charge in [0.25, 0.3) is 0 Å². The number of alkyl carbamates (subject to hydrolysis) is 1. The number of nitrogens with zero attached hydrogens (tertiary/aromatic N) is 2. The van der Waals surface area contributed by atoms with Crippen molar-refractivity contribution in [1.82, 2.24) is 10.2 Å². The minimum Gasteiger partial charge on any atom is -0.444 e. The van der Waals surface area contributed by atoms with Crippen LogP contribution >= 0.6 is 0 Å². The van der Waals surface area contributed by atoms with Crippen molar-refractivity contribution in [3.8, 4) is 6.07 Å². The molecule has 1 aliphatic heterocycles. The summed E-state index contributed by atoms with van der Waals surface area (Å²) in [6, 6.07) is 23.7. The fourth-order valence-corrected chi connectivity index (χ4v) is 6.23. The van der Waals surface area contributed by atoms with Crippen molar-refractivity contribution in [2.45, 2.75) is 76.5 Å². The Balaban J connectivity index is 1.56. The van der Waals surface area contributed by atoms with Crippen LogP contribution in [0, 0.1) is 23.2 Å². The van der Waals surface area contributed by atoms with E-state index < -0.39 is 11.0 Å². The summed E-state index contributed by atoms with van der Waals surface area (Å²) < 4.78 is 5.58. The van der Waals surface area contributed by atoms with Crippen molar-refractivity contribution >= 4 is 6.09 Å². The summed E-state index contributed by atoms with van der Waals surface area (Å²) in [5.74, 6) is 0.307. The summed E-state index contributed by atoms with van der Waals surface area (Å²) in [5, 5.41) is 14.0. The third-order valence-electron chi connectivity index (χ3n) is 7.72. The number of carbonyl (C=O) groups is 1. The van der Waals surface area contributed by atoms with E-state index in [1.54, 1.807) is 0 Å². The molecule has 5 nitrogen and oxygen atoms in total. The number of rotatable bonds is 6. The summed E-state index contributed by atoms with van der Waals surface area (Å²) in [6.07, 6.45) is 4.40. The monoisotopic (exact) mass is 473 g/mol. The zero-order valence-electron chi connectivity index (χ0n) is 21.4. The second-order valence-electron chi connectivity index (χ2n) is 11.2. The molecule has 0 spiro atoms. The van der Waals surface area contributed by atoms with E-state index in [1.165, 1.54) is 5.56 Å². The molecular formula is C30H39N3O2. The van der Waals surface area contributed by atoms with Crippen molar-refractivity contribution in [1.29, 1.82) is 5.26 Å². The molecule has 1 amide bonds. The quantitative estimate of drug-likeness (QED) is 0.554. The Labute approximate surface area is 210 Å². The van der Waals surface area contributed by atoms with Crippen molar-refractivity contribution in [2.75, 3.05) is 13.1 Å². The van der Waals surface area contributed by atoms with Gasteiger partial charge in [-0.1, -0.05) is 67.1 Å². The van der Waals surface area contributed by atoms with E-state index in [0.717, 1.165) is 57.3 Å². The minimum atomic E-state index is -0.629. The fraction of sp³-hybridized carbons (Fsp3) is 0.533. The Morgan fingerprint density at radius 2 is 1.63 bits per heavy atom. The molecule has 2 aromatic carbocycles. The minimum absolute atomic E-state index is 0.0629. The fourth-order valence-electron chi connectivity index (χ4n) is 6.23. The molecule has 0 unspecified atom stereocenters. The molecule has 1 saturated carbocycles. The van der Waals surface area contributed by atoms with Gasteiger partial charge in [0.1, 0.15) is 5.60 Å². The molecule has 35 heavy (non-hydrogen) atoms. The van der Waals surface area contributed by atoms with Gasteiger partial charge in [0.15, 0.2) is 0 Å². The molecule has 1 N–H and O–H groups in total. The molecular weight excluding hydrogens is 434 g/mol. The third-order valence-corrected chi connectivity index (χ3v) is 7.72. The smallest absolute Gasteiger partial charge is 0.407 e. The Kier molecular flexibility index (Phi) is 7.82. The maximum atomic E-state index is 12.7. The summed E-state index contributed by atoms with van der Waals surface area (Å²) in [5.41, 5.74) is 1.25. The predicted molar refractivity (Wildman–Crippen MR) is 139 cm³/mol. The van der Waals surface area contributed by atoms with E-state index >= 15 is 0 Å². The lowest BCUT2D eigenvalue weighted by atomic mass is 9.59. The molecule has 0 radical (unpaired) electrons. The lowest BCUT2D eigenvalue weighted by molar-refractivity contribution is 0.0459. The van der Waals surface area contributed by atoms with Gasteiger partial charge in [-0.3, -0.25) is 4.90 Å². The summed E-state index contributed by atoms with van der Waals surface area (Å²) >= 11 is 0. The van der Waals surface area contributed by atoms with Crippen LogP contribution in [0.3, 0.4) is 0 Å². The summed E-state index contributed by atoms with van der Waals surface area (Å²) in [7, 11) is 0. The van der Waals surface area contributed by atoms with Crippen LogP contribution in [-0.4, -0.2) is 35.7 Å². The highest BCUT2D eigenvalue weighted by molar-refractivity contribution is 5.68. The normalized spacial score (nSPS) is 23.3. The molecule has 5 heteroatoms. The highest BCUT2D eigenvalue weighted by atomic mass is 16.6. The van der Waals surface area contributed by atoms with Crippen LogP contribution in [0.5, 0.6) is 0 Å². The molecule has 1 saturated heterocycles. The number of likely N-dealkylation sites (tertiary alicyclic amines) is 1. The van der Waals surface area contributed by atoms with Crippen LogP contribution in [0.25, 0.3) is 0 Å². The number of ether oxygens (including phenoxy) is 1. The van der Waals surface area contributed by atoms with E-state index in [1.807, 2.05) is 39.0 Å². The van der Waals surface area contributed by atoms with Crippen LogP contribution < -0.4 is 5.32 Å². The molecule has 3 atom stereocenters. The van der Waals surface area contributed by atoms with E-state index in [4.69, 9.17) is 4.74 Å². The van der Waals surface area contributed by atoms with Crippen molar-refractivity contribution in [3.63, 3.8) is 0 Å². The molecule has 186 valence electrons. The number of carbonyl (C=O) groups excluding carboxylic acids is 1. The Morgan fingerprint density at radius 3 is 2.23 bits per heavy atom. The third kappa shape index (κ3) is 5.87. The number of hydrogen-bond acceptors (Lipinski definition) is 4. The number of nitrogens with one attached hydrogen (secondary N) is 1.